The average molecular weight is 253 g/mol. The lowest BCUT2D eigenvalue weighted by Gasteiger charge is -2.03. The van der Waals surface area contributed by atoms with Crippen molar-refractivity contribution in [3.63, 3.8) is 0 Å². The highest BCUT2D eigenvalue weighted by Crippen LogP contribution is 2.26. The van der Waals surface area contributed by atoms with Gasteiger partial charge in [0.2, 0.25) is 0 Å². The summed E-state index contributed by atoms with van der Waals surface area (Å²) < 4.78 is 24.2. The van der Waals surface area contributed by atoms with Crippen molar-refractivity contribution in [2.75, 3.05) is 5.73 Å². The summed E-state index contributed by atoms with van der Waals surface area (Å²) in [5.41, 5.74) is 6.28. The van der Waals surface area contributed by atoms with Gasteiger partial charge in [-0.3, -0.25) is 0 Å². The molecule has 0 amide bonds. The van der Waals surface area contributed by atoms with E-state index >= 15 is 0 Å². The smallest absolute Gasteiger partial charge is 0.288 e. The van der Waals surface area contributed by atoms with Crippen molar-refractivity contribution < 1.29 is 8.78 Å². The molecule has 0 aliphatic rings. The van der Waals surface area contributed by atoms with Crippen LogP contribution < -0.4 is 5.73 Å². The first-order chi connectivity index (χ1) is 8.15. The van der Waals surface area contributed by atoms with Crippen molar-refractivity contribution in [1.82, 2.24) is 9.97 Å². The molecule has 0 fully saturated rings. The summed E-state index contributed by atoms with van der Waals surface area (Å²) in [6.07, 6.45) is 1.56. The highest BCUT2D eigenvalue weighted by Gasteiger charge is 2.06. The van der Waals surface area contributed by atoms with Gasteiger partial charge in [0, 0.05) is 16.7 Å². The molecule has 2 rings (SSSR count). The van der Waals surface area contributed by atoms with Crippen LogP contribution in [0.4, 0.5) is 14.6 Å². The summed E-state index contributed by atoms with van der Waals surface area (Å²) in [6, 6.07) is 8.20. The molecule has 6 heteroatoms. The second-order valence-electron chi connectivity index (χ2n) is 3.21. The Morgan fingerprint density at radius 3 is 2.41 bits per heavy atom. The Labute approximate surface area is 101 Å². The van der Waals surface area contributed by atoms with Crippen LogP contribution in [0.1, 0.15) is 0 Å². The molecular formula is C11H9F2N3S. The van der Waals surface area contributed by atoms with Crippen LogP contribution >= 0.6 is 11.8 Å². The SMILES string of the molecule is Nc1ccnc(-c2ccc(SC(F)F)cc2)n1. The van der Waals surface area contributed by atoms with Crippen LogP contribution in [0.3, 0.4) is 0 Å². The Morgan fingerprint density at radius 2 is 1.82 bits per heavy atom. The van der Waals surface area contributed by atoms with E-state index in [1.165, 1.54) is 0 Å². The highest BCUT2D eigenvalue weighted by atomic mass is 32.2. The summed E-state index contributed by atoms with van der Waals surface area (Å²) in [4.78, 5) is 8.61. The van der Waals surface area contributed by atoms with Gasteiger partial charge in [0.15, 0.2) is 5.82 Å². The Hall–Kier alpha value is -1.69. The van der Waals surface area contributed by atoms with E-state index in [0.29, 0.717) is 28.3 Å². The van der Waals surface area contributed by atoms with Gasteiger partial charge in [-0.15, -0.1) is 0 Å². The monoisotopic (exact) mass is 253 g/mol. The zero-order valence-electron chi connectivity index (χ0n) is 8.68. The lowest BCUT2D eigenvalue weighted by atomic mass is 10.2. The van der Waals surface area contributed by atoms with Crippen LogP contribution in [0.25, 0.3) is 11.4 Å². The first-order valence-corrected chi connectivity index (χ1v) is 5.67. The number of thioether (sulfide) groups is 1. The van der Waals surface area contributed by atoms with Crippen molar-refractivity contribution in [3.05, 3.63) is 36.5 Å². The van der Waals surface area contributed by atoms with Crippen molar-refractivity contribution in [3.8, 4) is 11.4 Å². The van der Waals surface area contributed by atoms with E-state index in [2.05, 4.69) is 9.97 Å². The van der Waals surface area contributed by atoms with Gasteiger partial charge in [-0.05, 0) is 18.2 Å². The molecule has 0 unspecified atom stereocenters. The Kier molecular flexibility index (Phi) is 3.53. The van der Waals surface area contributed by atoms with Crippen molar-refractivity contribution >= 4 is 17.6 Å². The van der Waals surface area contributed by atoms with Crippen LogP contribution in [-0.4, -0.2) is 15.7 Å². The lowest BCUT2D eigenvalue weighted by Crippen LogP contribution is -1.94. The molecule has 0 radical (unpaired) electrons. The zero-order valence-corrected chi connectivity index (χ0v) is 9.49. The van der Waals surface area contributed by atoms with Crippen LogP contribution in [0.15, 0.2) is 41.4 Å². The summed E-state index contributed by atoms with van der Waals surface area (Å²) in [7, 11) is 0. The maximum Gasteiger partial charge on any atom is 0.288 e. The number of hydrogen-bond donors (Lipinski definition) is 1. The summed E-state index contributed by atoms with van der Waals surface area (Å²) in [6.45, 7) is 0. The second-order valence-corrected chi connectivity index (χ2v) is 4.27. The van der Waals surface area contributed by atoms with Crippen LogP contribution in [0.2, 0.25) is 0 Å². The second kappa shape index (κ2) is 5.09. The molecule has 1 aromatic carbocycles. The van der Waals surface area contributed by atoms with Crippen LogP contribution in [-0.2, 0) is 0 Å². The van der Waals surface area contributed by atoms with Crippen molar-refractivity contribution in [2.24, 2.45) is 0 Å². The number of anilines is 1. The Bertz CT molecular complexity index is 502. The molecule has 17 heavy (non-hydrogen) atoms. The number of aromatic nitrogens is 2. The molecule has 88 valence electrons. The Morgan fingerprint density at radius 1 is 1.12 bits per heavy atom. The molecule has 0 atom stereocenters. The number of rotatable bonds is 3. The minimum absolute atomic E-state index is 0.376. The van der Waals surface area contributed by atoms with Crippen LogP contribution in [0.5, 0.6) is 0 Å². The van der Waals surface area contributed by atoms with Crippen LogP contribution in [0, 0.1) is 0 Å². The molecule has 0 spiro atoms. The molecule has 1 heterocycles. The average Bonchev–Trinajstić information content (AvgIpc) is 2.29. The fourth-order valence-corrected chi connectivity index (χ4v) is 1.80. The minimum atomic E-state index is -2.41. The van der Waals surface area contributed by atoms with E-state index in [1.54, 1.807) is 36.5 Å². The normalized spacial score (nSPS) is 10.8. The number of alkyl halides is 2. The number of halogens is 2. The van der Waals surface area contributed by atoms with Gasteiger partial charge >= 0.3 is 0 Å². The third-order valence-corrected chi connectivity index (χ3v) is 2.74. The van der Waals surface area contributed by atoms with E-state index in [4.69, 9.17) is 5.73 Å². The first-order valence-electron chi connectivity index (χ1n) is 4.79. The first kappa shape index (κ1) is 11.8. The van der Waals surface area contributed by atoms with Crippen molar-refractivity contribution in [1.29, 1.82) is 0 Å². The molecule has 2 aromatic rings. The highest BCUT2D eigenvalue weighted by molar-refractivity contribution is 7.99. The van der Waals surface area contributed by atoms with Crippen molar-refractivity contribution in [2.45, 2.75) is 10.7 Å². The molecule has 0 saturated heterocycles. The maximum atomic E-state index is 12.1. The number of benzene rings is 1. The minimum Gasteiger partial charge on any atom is -0.384 e. The van der Waals surface area contributed by atoms with E-state index in [0.717, 1.165) is 5.56 Å². The molecule has 3 nitrogen and oxygen atoms in total. The predicted octanol–water partition coefficient (Wildman–Crippen LogP) is 3.04. The number of hydrogen-bond acceptors (Lipinski definition) is 4. The number of nitrogens with zero attached hydrogens (tertiary/aromatic N) is 2. The summed E-state index contributed by atoms with van der Waals surface area (Å²) in [5, 5.41) is 0. The standard InChI is InChI=1S/C11H9F2N3S/c12-11(13)17-8-3-1-7(2-4-8)10-15-6-5-9(14)16-10/h1-6,11H,(H2,14,15,16). The van der Waals surface area contributed by atoms with E-state index in [1.807, 2.05) is 0 Å². The van der Waals surface area contributed by atoms with Gasteiger partial charge in [0.1, 0.15) is 5.82 Å². The maximum absolute atomic E-state index is 12.1. The third kappa shape index (κ3) is 3.13. The largest absolute Gasteiger partial charge is 0.384 e. The van der Waals surface area contributed by atoms with Gasteiger partial charge in [-0.2, -0.15) is 8.78 Å². The van der Waals surface area contributed by atoms with Gasteiger partial charge in [0.05, 0.1) is 0 Å². The van der Waals surface area contributed by atoms with E-state index in [9.17, 15) is 8.78 Å². The molecule has 2 N–H and O–H groups in total. The predicted molar refractivity (Wildman–Crippen MR) is 63.7 cm³/mol. The molecule has 0 aliphatic heterocycles. The summed E-state index contributed by atoms with van der Waals surface area (Å²) >= 11 is 0.507. The fourth-order valence-electron chi connectivity index (χ4n) is 1.30. The summed E-state index contributed by atoms with van der Waals surface area (Å²) in [5.74, 6) is -1.55. The van der Waals surface area contributed by atoms with E-state index in [-0.39, 0.29) is 0 Å². The van der Waals surface area contributed by atoms with Gasteiger partial charge in [-0.1, -0.05) is 23.9 Å². The lowest BCUT2D eigenvalue weighted by molar-refractivity contribution is 0.252. The topological polar surface area (TPSA) is 51.8 Å². The fraction of sp³-hybridized carbons (Fsp3) is 0.0909. The molecule has 0 aliphatic carbocycles. The molecule has 0 bridgehead atoms. The van der Waals surface area contributed by atoms with E-state index < -0.39 is 5.76 Å². The quantitative estimate of drug-likeness (QED) is 0.854. The molecule has 0 saturated carbocycles. The van der Waals surface area contributed by atoms with Gasteiger partial charge < -0.3 is 5.73 Å². The van der Waals surface area contributed by atoms with Gasteiger partial charge in [0.25, 0.3) is 5.76 Å². The third-order valence-electron chi connectivity index (χ3n) is 2.01. The zero-order chi connectivity index (χ0) is 12.3. The Balaban J connectivity index is 2.23. The number of nitrogens with two attached hydrogens (primary N) is 1. The number of nitrogen functional groups attached to an aromatic ring is 1. The molecular weight excluding hydrogens is 244 g/mol. The molecule has 1 aromatic heterocycles. The van der Waals surface area contributed by atoms with Gasteiger partial charge in [-0.25, -0.2) is 9.97 Å².